The van der Waals surface area contributed by atoms with Crippen LogP contribution in [0.25, 0.3) is 11.3 Å². The van der Waals surface area contributed by atoms with Gasteiger partial charge in [-0.05, 0) is 23.5 Å². The smallest absolute Gasteiger partial charge is 0.379 e. The van der Waals surface area contributed by atoms with Crippen LogP contribution in [0.3, 0.4) is 0 Å². The number of alkyl halides is 1. The van der Waals surface area contributed by atoms with Gasteiger partial charge in [0.25, 0.3) is 0 Å². The van der Waals surface area contributed by atoms with Crippen molar-refractivity contribution in [3.8, 4) is 11.3 Å². The minimum Gasteiger partial charge on any atom is -0.379 e. The summed E-state index contributed by atoms with van der Waals surface area (Å²) in [6.07, 6.45) is 0.954. The molecule has 1 aliphatic heterocycles. The van der Waals surface area contributed by atoms with Crippen LogP contribution in [0, 0.1) is 22.9 Å². The second kappa shape index (κ2) is 13.7. The quantitative estimate of drug-likeness (QED) is 0.249. The lowest BCUT2D eigenvalue weighted by Crippen LogP contribution is -2.48. The van der Waals surface area contributed by atoms with Gasteiger partial charge in [0, 0.05) is 37.0 Å². The lowest BCUT2D eigenvalue weighted by atomic mass is 9.84. The number of nitrogens with two attached hydrogens (primary N) is 1. The van der Waals surface area contributed by atoms with Crippen LogP contribution in [0.4, 0.5) is 22.4 Å². The molecule has 3 aromatic rings. The highest BCUT2D eigenvalue weighted by Crippen LogP contribution is 2.40. The van der Waals surface area contributed by atoms with Crippen molar-refractivity contribution in [3.05, 3.63) is 77.5 Å². The van der Waals surface area contributed by atoms with E-state index in [0.717, 1.165) is 11.6 Å². The number of carbonyl (C=O) groups is 1. The zero-order valence-corrected chi connectivity index (χ0v) is 24.0. The van der Waals surface area contributed by atoms with E-state index in [-0.39, 0.29) is 30.8 Å². The number of carbonyl (C=O) groups excluding carboxylic acids is 1. The third kappa shape index (κ3) is 7.67. The molecule has 0 unspecified atom stereocenters. The summed E-state index contributed by atoms with van der Waals surface area (Å²) in [5.41, 5.74) is 5.73. The summed E-state index contributed by atoms with van der Waals surface area (Å²) in [6.45, 7) is 6.75. The Bertz CT molecular complexity index is 1340. The molecule has 0 bridgehead atoms. The first-order chi connectivity index (χ1) is 20.0. The maximum atomic E-state index is 14.9. The molecular weight excluding hydrogens is 554 g/mol. The first-order valence-electron chi connectivity index (χ1n) is 13.9. The van der Waals surface area contributed by atoms with Crippen LogP contribution in [-0.2, 0) is 16.1 Å². The number of ether oxygens (including phenoxy) is 1. The van der Waals surface area contributed by atoms with E-state index in [1.807, 2.05) is 51.1 Å². The molecule has 2 atom stereocenters. The number of aromatic nitrogens is 2. The van der Waals surface area contributed by atoms with Crippen molar-refractivity contribution < 1.29 is 31.9 Å². The van der Waals surface area contributed by atoms with E-state index in [4.69, 9.17) is 15.3 Å². The normalized spacial score (nSPS) is 15.8. The Hall–Kier alpha value is -3.48. The third-order valence-electron chi connectivity index (χ3n) is 7.00. The molecular formula is C30H37F4N5O3. The molecule has 1 aromatic heterocycles. The van der Waals surface area contributed by atoms with E-state index in [2.05, 4.69) is 4.98 Å². The fourth-order valence-corrected chi connectivity index (χ4v) is 4.93. The van der Waals surface area contributed by atoms with Crippen LogP contribution >= 0.6 is 0 Å². The number of amides is 1. The Morgan fingerprint density at radius 3 is 2.48 bits per heavy atom. The van der Waals surface area contributed by atoms with Gasteiger partial charge in [-0.3, -0.25) is 4.90 Å². The minimum absolute atomic E-state index is 0.00645. The Morgan fingerprint density at radius 2 is 1.83 bits per heavy atom. The summed E-state index contributed by atoms with van der Waals surface area (Å²) in [7, 11) is 0. The van der Waals surface area contributed by atoms with E-state index in [0.29, 0.717) is 38.2 Å². The molecule has 1 fully saturated rings. The number of nitrogens with zero attached hydrogens (tertiary/aromatic N) is 4. The Labute approximate surface area is 243 Å². The van der Waals surface area contributed by atoms with Gasteiger partial charge in [0.05, 0.1) is 38.0 Å². The summed E-state index contributed by atoms with van der Waals surface area (Å²) >= 11 is 0. The number of halogens is 4. The monoisotopic (exact) mass is 591 g/mol. The van der Waals surface area contributed by atoms with Gasteiger partial charge in [0.15, 0.2) is 11.6 Å². The van der Waals surface area contributed by atoms with Gasteiger partial charge in [0.2, 0.25) is 0 Å². The highest BCUT2D eigenvalue weighted by Gasteiger charge is 2.40. The molecule has 1 saturated heterocycles. The fraction of sp³-hybridized carbons (Fsp3) is 0.467. The number of hydrogen-bond acceptors (Lipinski definition) is 6. The molecule has 2 N–H and O–H groups in total. The van der Waals surface area contributed by atoms with Gasteiger partial charge in [0.1, 0.15) is 18.3 Å². The largest absolute Gasteiger partial charge is 0.429 e. The van der Waals surface area contributed by atoms with Crippen LogP contribution in [0.1, 0.15) is 44.6 Å². The van der Waals surface area contributed by atoms with Crippen molar-refractivity contribution in [2.45, 2.75) is 45.8 Å². The van der Waals surface area contributed by atoms with Gasteiger partial charge in [-0.15, -0.1) is 5.06 Å². The van der Waals surface area contributed by atoms with Crippen molar-refractivity contribution in [2.75, 3.05) is 39.5 Å². The van der Waals surface area contributed by atoms with E-state index in [1.54, 1.807) is 4.57 Å². The molecule has 0 aliphatic carbocycles. The third-order valence-corrected chi connectivity index (χ3v) is 7.00. The first kappa shape index (κ1) is 31.5. The second-order valence-corrected chi connectivity index (χ2v) is 11.4. The number of rotatable bonds is 10. The van der Waals surface area contributed by atoms with Crippen LogP contribution in [0.15, 0.2) is 48.7 Å². The molecule has 0 saturated carbocycles. The van der Waals surface area contributed by atoms with Gasteiger partial charge < -0.3 is 19.9 Å². The zero-order chi connectivity index (χ0) is 30.4. The van der Waals surface area contributed by atoms with Crippen molar-refractivity contribution in [1.82, 2.24) is 19.5 Å². The van der Waals surface area contributed by atoms with Gasteiger partial charge in [-0.1, -0.05) is 51.1 Å². The van der Waals surface area contributed by atoms with E-state index in [1.165, 1.54) is 16.2 Å². The van der Waals surface area contributed by atoms with Crippen molar-refractivity contribution in [2.24, 2.45) is 11.1 Å². The fourth-order valence-electron chi connectivity index (χ4n) is 4.93. The zero-order valence-electron chi connectivity index (χ0n) is 24.0. The molecule has 2 heterocycles. The van der Waals surface area contributed by atoms with E-state index >= 15 is 0 Å². The van der Waals surface area contributed by atoms with Gasteiger partial charge in [-0.2, -0.15) is 0 Å². The first-order valence-corrected chi connectivity index (χ1v) is 13.9. The van der Waals surface area contributed by atoms with Crippen LogP contribution in [0.5, 0.6) is 0 Å². The molecule has 12 heteroatoms. The average Bonchev–Trinajstić information content (AvgIpc) is 3.35. The van der Waals surface area contributed by atoms with Crippen molar-refractivity contribution >= 4 is 6.09 Å². The Morgan fingerprint density at radius 1 is 1.14 bits per heavy atom. The summed E-state index contributed by atoms with van der Waals surface area (Å²) in [5, 5.41) is 1.50. The molecule has 0 spiro atoms. The number of benzene rings is 2. The lowest BCUT2D eigenvalue weighted by Gasteiger charge is -2.40. The number of morpholine rings is 1. The Kier molecular flexibility index (Phi) is 10.2. The standard InChI is InChI=1S/C30H37F4N5O3/c1-30(2,3)27(39(10-9-22(35)17-31)29(40)42-38-11-13-41-14-12-38)28-36-25(23-15-21(32)16-24(33)26(23)34)19-37(28)18-20-7-5-4-6-8-20/h4-8,15-16,19,22,27H,9-14,17-18,35H2,1-3H3/t22-,27-/m0/s1. The van der Waals surface area contributed by atoms with E-state index in [9.17, 15) is 22.4 Å². The minimum atomic E-state index is -1.34. The molecule has 1 amide bonds. The Balaban J connectivity index is 1.84. The number of imidazole rings is 1. The number of hydroxylamine groups is 2. The molecule has 1 aliphatic rings. The molecule has 42 heavy (non-hydrogen) atoms. The SMILES string of the molecule is CC(C)(C)[C@H](c1nc(-c2cc(F)cc(F)c2F)cn1Cc1ccccc1)N(CC[C@H](N)CF)C(=O)ON1CCOCC1. The van der Waals surface area contributed by atoms with Gasteiger partial charge in [-0.25, -0.2) is 27.3 Å². The molecule has 2 aromatic carbocycles. The summed E-state index contributed by atoms with van der Waals surface area (Å²) in [6, 6.07) is 9.12. The highest BCUT2D eigenvalue weighted by molar-refractivity contribution is 5.68. The maximum Gasteiger partial charge on any atom is 0.429 e. The van der Waals surface area contributed by atoms with Crippen molar-refractivity contribution in [3.63, 3.8) is 0 Å². The lowest BCUT2D eigenvalue weighted by molar-refractivity contribution is -0.158. The molecule has 228 valence electrons. The van der Waals surface area contributed by atoms with E-state index < -0.39 is 47.7 Å². The topological polar surface area (TPSA) is 85.9 Å². The van der Waals surface area contributed by atoms with Crippen LogP contribution in [0.2, 0.25) is 0 Å². The summed E-state index contributed by atoms with van der Waals surface area (Å²) < 4.78 is 63.8. The average molecular weight is 592 g/mol. The molecule has 4 rings (SSSR count). The number of hydrogen-bond donors (Lipinski definition) is 1. The van der Waals surface area contributed by atoms with Crippen LogP contribution < -0.4 is 5.73 Å². The predicted octanol–water partition coefficient (Wildman–Crippen LogP) is 5.48. The molecule has 0 radical (unpaired) electrons. The second-order valence-electron chi connectivity index (χ2n) is 11.4. The van der Waals surface area contributed by atoms with Gasteiger partial charge >= 0.3 is 6.09 Å². The summed E-state index contributed by atoms with van der Waals surface area (Å²) in [5.74, 6) is -3.20. The van der Waals surface area contributed by atoms with Crippen molar-refractivity contribution in [1.29, 1.82) is 0 Å². The molecule has 8 nitrogen and oxygen atoms in total. The highest BCUT2D eigenvalue weighted by atomic mass is 19.2. The predicted molar refractivity (Wildman–Crippen MR) is 149 cm³/mol. The van der Waals surface area contributed by atoms with Crippen LogP contribution in [-0.4, -0.2) is 71.2 Å². The summed E-state index contributed by atoms with van der Waals surface area (Å²) in [4.78, 5) is 25.6. The maximum absolute atomic E-state index is 14.9.